The molecule has 0 saturated carbocycles. The summed E-state index contributed by atoms with van der Waals surface area (Å²) in [4.78, 5) is 26.6. The Bertz CT molecular complexity index is 869. The summed E-state index contributed by atoms with van der Waals surface area (Å²) < 4.78 is 0. The van der Waals surface area contributed by atoms with Crippen LogP contribution in [0.4, 0.5) is 11.4 Å². The van der Waals surface area contributed by atoms with Gasteiger partial charge >= 0.3 is 0 Å². The van der Waals surface area contributed by atoms with Gasteiger partial charge in [0.15, 0.2) is 0 Å². The zero-order valence-corrected chi connectivity index (χ0v) is 17.3. The maximum absolute atomic E-state index is 12.6. The first-order chi connectivity index (χ1) is 12.7. The normalized spacial score (nSPS) is 17.3. The minimum absolute atomic E-state index is 0.0161. The van der Waals surface area contributed by atoms with Crippen molar-refractivity contribution in [2.24, 2.45) is 5.41 Å². The zero-order valence-electron chi connectivity index (χ0n) is 16.5. The molecule has 1 fully saturated rings. The van der Waals surface area contributed by atoms with Gasteiger partial charge in [-0.1, -0.05) is 50.6 Å². The van der Waals surface area contributed by atoms with Crippen LogP contribution in [0, 0.1) is 19.3 Å². The van der Waals surface area contributed by atoms with E-state index in [9.17, 15) is 9.59 Å². The molecule has 5 heteroatoms. The monoisotopic (exact) mass is 382 g/mol. The average molecular weight is 383 g/mol. The van der Waals surface area contributed by atoms with Crippen LogP contribution in [0.5, 0.6) is 0 Å². The van der Waals surface area contributed by atoms with E-state index < -0.39 is 5.41 Å². The fourth-order valence-electron chi connectivity index (χ4n) is 3.06. The molecule has 0 aromatic heterocycles. The van der Waals surface area contributed by atoms with E-state index in [0.29, 0.717) is 5.75 Å². The predicted octanol–water partition coefficient (Wildman–Crippen LogP) is 5.07. The average Bonchev–Trinajstić information content (AvgIpc) is 2.96. The van der Waals surface area contributed by atoms with E-state index in [0.717, 1.165) is 22.5 Å². The van der Waals surface area contributed by atoms with Crippen LogP contribution < -0.4 is 10.2 Å². The van der Waals surface area contributed by atoms with Gasteiger partial charge in [0.25, 0.3) is 0 Å². The molecule has 1 unspecified atom stereocenters. The van der Waals surface area contributed by atoms with Crippen molar-refractivity contribution < 1.29 is 9.59 Å². The third-order valence-electron chi connectivity index (χ3n) is 4.61. The Hall–Kier alpha value is -2.27. The predicted molar refractivity (Wildman–Crippen MR) is 113 cm³/mol. The summed E-state index contributed by atoms with van der Waals surface area (Å²) in [6.07, 6.45) is 0. The second-order valence-corrected chi connectivity index (χ2v) is 9.11. The van der Waals surface area contributed by atoms with Crippen LogP contribution in [0.3, 0.4) is 0 Å². The van der Waals surface area contributed by atoms with Crippen LogP contribution in [0.15, 0.2) is 42.5 Å². The minimum atomic E-state index is -0.438. The van der Waals surface area contributed by atoms with E-state index in [2.05, 4.69) is 18.3 Å². The first-order valence-corrected chi connectivity index (χ1v) is 10.1. The fourth-order valence-corrected chi connectivity index (χ4v) is 4.23. The molecule has 2 aromatic rings. The molecule has 27 heavy (non-hydrogen) atoms. The van der Waals surface area contributed by atoms with Gasteiger partial charge in [0.1, 0.15) is 5.37 Å². The summed E-state index contributed by atoms with van der Waals surface area (Å²) in [5.74, 6) is 0.583. The van der Waals surface area contributed by atoms with Gasteiger partial charge in [0, 0.05) is 16.8 Å². The van der Waals surface area contributed by atoms with Crippen LogP contribution in [-0.2, 0) is 9.59 Å². The summed E-state index contributed by atoms with van der Waals surface area (Å²) in [6, 6.07) is 14.0. The Morgan fingerprint density at radius 1 is 1.11 bits per heavy atom. The lowest BCUT2D eigenvalue weighted by atomic mass is 9.95. The second-order valence-electron chi connectivity index (χ2n) is 8.04. The number of hydrogen-bond donors (Lipinski definition) is 1. The number of anilines is 2. The molecule has 1 atom stereocenters. The van der Waals surface area contributed by atoms with Crippen LogP contribution in [0.25, 0.3) is 0 Å². The molecular weight excluding hydrogens is 356 g/mol. The number of carbonyl (C=O) groups excluding carboxylic acids is 2. The first-order valence-electron chi connectivity index (χ1n) is 9.09. The van der Waals surface area contributed by atoms with Gasteiger partial charge in [-0.15, -0.1) is 11.8 Å². The molecule has 0 bridgehead atoms. The van der Waals surface area contributed by atoms with Gasteiger partial charge in [-0.25, -0.2) is 0 Å². The molecule has 3 rings (SSSR count). The Morgan fingerprint density at radius 3 is 2.37 bits per heavy atom. The number of thioether (sulfide) groups is 1. The highest BCUT2D eigenvalue weighted by Gasteiger charge is 2.34. The van der Waals surface area contributed by atoms with Crippen molar-refractivity contribution in [2.75, 3.05) is 16.0 Å². The molecule has 1 aliphatic heterocycles. The summed E-state index contributed by atoms with van der Waals surface area (Å²) in [5.41, 5.74) is 4.64. The largest absolute Gasteiger partial charge is 0.326 e. The maximum atomic E-state index is 12.6. The summed E-state index contributed by atoms with van der Waals surface area (Å²) in [6.45, 7) is 9.76. The lowest BCUT2D eigenvalue weighted by molar-refractivity contribution is -0.123. The number of carbonyl (C=O) groups is 2. The quantitative estimate of drug-likeness (QED) is 0.806. The summed E-state index contributed by atoms with van der Waals surface area (Å²) in [7, 11) is 0. The number of amides is 2. The van der Waals surface area contributed by atoms with E-state index in [1.54, 1.807) is 11.8 Å². The standard InChI is InChI=1S/C22H26N2O2S/c1-14-6-11-18(15(2)12-14)24-19(25)13-27-20(24)16-7-9-17(10-8-16)23-21(26)22(3,4)5/h6-12,20H,13H2,1-5H3,(H,23,26). The van der Waals surface area contributed by atoms with Gasteiger partial charge in [-0.05, 0) is 43.2 Å². The minimum Gasteiger partial charge on any atom is -0.326 e. The van der Waals surface area contributed by atoms with Crippen LogP contribution in [0.1, 0.15) is 42.8 Å². The molecule has 0 aliphatic carbocycles. The summed E-state index contributed by atoms with van der Waals surface area (Å²) in [5, 5.41) is 2.89. The molecule has 1 N–H and O–H groups in total. The highest BCUT2D eigenvalue weighted by atomic mass is 32.2. The van der Waals surface area contributed by atoms with Gasteiger partial charge in [-0.2, -0.15) is 0 Å². The second kappa shape index (κ2) is 7.39. The lowest BCUT2D eigenvalue weighted by Crippen LogP contribution is -2.29. The van der Waals surface area contributed by atoms with Crippen LogP contribution in [0.2, 0.25) is 0 Å². The van der Waals surface area contributed by atoms with E-state index >= 15 is 0 Å². The third-order valence-corrected chi connectivity index (χ3v) is 5.83. The van der Waals surface area contributed by atoms with Crippen molar-refractivity contribution in [1.29, 1.82) is 0 Å². The van der Waals surface area contributed by atoms with E-state index in [1.807, 2.05) is 69.0 Å². The third kappa shape index (κ3) is 4.19. The maximum Gasteiger partial charge on any atom is 0.238 e. The molecule has 4 nitrogen and oxygen atoms in total. The molecule has 2 aromatic carbocycles. The number of hydrogen-bond acceptors (Lipinski definition) is 3. The molecule has 1 aliphatic rings. The molecule has 0 radical (unpaired) electrons. The fraction of sp³-hybridized carbons (Fsp3) is 0.364. The van der Waals surface area contributed by atoms with Gasteiger partial charge < -0.3 is 5.32 Å². The van der Waals surface area contributed by atoms with Crippen LogP contribution in [-0.4, -0.2) is 17.6 Å². The molecular formula is C22H26N2O2S. The van der Waals surface area contributed by atoms with E-state index in [1.165, 1.54) is 5.56 Å². The Kier molecular flexibility index (Phi) is 5.33. The number of rotatable bonds is 3. The van der Waals surface area contributed by atoms with Gasteiger partial charge in [0.05, 0.1) is 5.75 Å². The Balaban J connectivity index is 1.84. The topological polar surface area (TPSA) is 49.4 Å². The summed E-state index contributed by atoms with van der Waals surface area (Å²) >= 11 is 1.63. The number of benzene rings is 2. The van der Waals surface area contributed by atoms with Crippen molar-refractivity contribution in [3.63, 3.8) is 0 Å². The SMILES string of the molecule is Cc1ccc(N2C(=O)CSC2c2ccc(NC(=O)C(C)(C)C)cc2)c(C)c1. The molecule has 1 saturated heterocycles. The van der Waals surface area contributed by atoms with Crippen molar-refractivity contribution >= 4 is 35.0 Å². The van der Waals surface area contributed by atoms with E-state index in [-0.39, 0.29) is 17.2 Å². The zero-order chi connectivity index (χ0) is 19.8. The Labute approximate surface area is 165 Å². The smallest absolute Gasteiger partial charge is 0.238 e. The molecule has 1 heterocycles. The highest BCUT2D eigenvalue weighted by molar-refractivity contribution is 8.00. The highest BCUT2D eigenvalue weighted by Crippen LogP contribution is 2.43. The van der Waals surface area contributed by atoms with Crippen molar-refractivity contribution in [2.45, 2.75) is 40.0 Å². The van der Waals surface area contributed by atoms with E-state index in [4.69, 9.17) is 0 Å². The lowest BCUT2D eigenvalue weighted by Gasteiger charge is -2.26. The van der Waals surface area contributed by atoms with Crippen molar-refractivity contribution in [3.8, 4) is 0 Å². The number of aryl methyl sites for hydroxylation is 2. The molecule has 2 amide bonds. The van der Waals surface area contributed by atoms with Crippen molar-refractivity contribution in [3.05, 3.63) is 59.2 Å². The van der Waals surface area contributed by atoms with Gasteiger partial charge in [0.2, 0.25) is 11.8 Å². The molecule has 142 valence electrons. The first kappa shape index (κ1) is 19.5. The van der Waals surface area contributed by atoms with Crippen LogP contribution >= 0.6 is 11.8 Å². The van der Waals surface area contributed by atoms with Gasteiger partial charge in [-0.3, -0.25) is 14.5 Å². The molecule has 0 spiro atoms. The number of nitrogens with one attached hydrogen (secondary N) is 1. The van der Waals surface area contributed by atoms with Crippen molar-refractivity contribution in [1.82, 2.24) is 0 Å². The Morgan fingerprint density at radius 2 is 1.78 bits per heavy atom. The number of nitrogens with zero attached hydrogens (tertiary/aromatic N) is 1.